The molecule has 4 heteroatoms. The molecular formula is C33H35Cl2SiZr. The van der Waals surface area contributed by atoms with Gasteiger partial charge in [-0.05, 0) is 0 Å². The van der Waals surface area contributed by atoms with Crippen LogP contribution in [-0.4, -0.2) is 6.65 Å². The zero-order valence-electron chi connectivity index (χ0n) is 22.4. The van der Waals surface area contributed by atoms with Crippen molar-refractivity contribution in [2.75, 3.05) is 0 Å². The van der Waals surface area contributed by atoms with Crippen LogP contribution in [0.5, 0.6) is 0 Å². The van der Waals surface area contributed by atoms with Crippen molar-refractivity contribution in [3.63, 3.8) is 0 Å². The fourth-order valence-corrected chi connectivity index (χ4v) is 26.8. The molecule has 2 atom stereocenters. The molecule has 0 heterocycles. The van der Waals surface area contributed by atoms with Crippen LogP contribution in [0.2, 0.25) is 6.55 Å². The Morgan fingerprint density at radius 3 is 1.89 bits per heavy atom. The molecule has 37 heavy (non-hydrogen) atoms. The summed E-state index contributed by atoms with van der Waals surface area (Å²) < 4.78 is 1.44. The fraction of sp³-hybridized carbons (Fsp3) is 0.212. The molecule has 0 spiro atoms. The van der Waals surface area contributed by atoms with E-state index in [0.717, 1.165) is 3.63 Å². The van der Waals surface area contributed by atoms with Crippen LogP contribution in [0.15, 0.2) is 96.1 Å². The maximum atomic E-state index is 2.60. The van der Waals surface area contributed by atoms with Crippen LogP contribution < -0.4 is 24.8 Å². The summed E-state index contributed by atoms with van der Waals surface area (Å²) in [5.41, 5.74) is 12.3. The Morgan fingerprint density at radius 1 is 0.622 bits per heavy atom. The largest absolute Gasteiger partial charge is 1.00 e. The van der Waals surface area contributed by atoms with Crippen molar-refractivity contribution in [2.24, 2.45) is 0 Å². The van der Waals surface area contributed by atoms with Gasteiger partial charge in [0, 0.05) is 0 Å². The Morgan fingerprint density at radius 2 is 1.22 bits per heavy atom. The van der Waals surface area contributed by atoms with Gasteiger partial charge in [-0.3, -0.25) is 0 Å². The van der Waals surface area contributed by atoms with E-state index in [1.165, 1.54) is 33.0 Å². The molecule has 4 aromatic carbocycles. The molecular weight excluding hydrogens is 587 g/mol. The minimum atomic E-state index is -1.84. The Balaban J connectivity index is 0.000000929. The van der Waals surface area contributed by atoms with Crippen molar-refractivity contribution in [3.05, 3.63) is 118 Å². The quantitative estimate of drug-likeness (QED) is 0.308. The van der Waals surface area contributed by atoms with Gasteiger partial charge in [-0.15, -0.1) is 0 Å². The van der Waals surface area contributed by atoms with E-state index >= 15 is 0 Å². The van der Waals surface area contributed by atoms with Gasteiger partial charge in [0.15, 0.2) is 0 Å². The first-order valence-electron chi connectivity index (χ1n) is 13.1. The average Bonchev–Trinajstić information content (AvgIpc) is 3.43. The molecule has 0 bridgehead atoms. The van der Waals surface area contributed by atoms with E-state index in [1.54, 1.807) is 22.3 Å². The average molecular weight is 622 g/mol. The monoisotopic (exact) mass is 619 g/mol. The van der Waals surface area contributed by atoms with Crippen LogP contribution in [-0.2, 0) is 20.9 Å². The topological polar surface area (TPSA) is 0 Å². The van der Waals surface area contributed by atoms with Crippen molar-refractivity contribution in [1.82, 2.24) is 0 Å². The second-order valence-corrected chi connectivity index (χ2v) is 26.0. The SMILES string of the molecule is CC.C[SiH2][Zr+2]([CH]1C(C)=Cc2c(-c3ccccc3)cccc21)[CH]1C(C)=Cc2c1ccc1ccccc21.[Cl-].[Cl-]. The Hall–Kier alpha value is -1.70. The molecule has 2 aliphatic carbocycles. The van der Waals surface area contributed by atoms with E-state index in [1.807, 2.05) is 13.8 Å². The van der Waals surface area contributed by atoms with E-state index in [-0.39, 0.29) is 31.5 Å². The van der Waals surface area contributed by atoms with Crippen LogP contribution >= 0.6 is 0 Å². The van der Waals surface area contributed by atoms with Crippen LogP contribution in [0.3, 0.4) is 0 Å². The first kappa shape index (κ1) is 29.9. The van der Waals surface area contributed by atoms with Crippen LogP contribution in [0.4, 0.5) is 0 Å². The summed E-state index contributed by atoms with van der Waals surface area (Å²) in [6, 6.07) is 31.8. The van der Waals surface area contributed by atoms with Crippen molar-refractivity contribution >= 4 is 29.6 Å². The van der Waals surface area contributed by atoms with Gasteiger partial charge in [0.25, 0.3) is 0 Å². The molecule has 0 fully saturated rings. The molecule has 0 aliphatic heterocycles. The van der Waals surface area contributed by atoms with Gasteiger partial charge >= 0.3 is 208 Å². The molecule has 0 radical (unpaired) electrons. The molecule has 6 rings (SSSR count). The number of halogens is 2. The molecule has 2 unspecified atom stereocenters. The van der Waals surface area contributed by atoms with Crippen molar-refractivity contribution in [3.8, 4) is 11.1 Å². The van der Waals surface area contributed by atoms with Crippen LogP contribution in [0.1, 0.15) is 57.2 Å². The van der Waals surface area contributed by atoms with E-state index in [9.17, 15) is 0 Å². The van der Waals surface area contributed by atoms with Gasteiger partial charge < -0.3 is 24.8 Å². The Kier molecular flexibility index (Phi) is 10.4. The predicted octanol–water partition coefficient (Wildman–Crippen LogP) is 2.91. The van der Waals surface area contributed by atoms with Gasteiger partial charge in [0.05, 0.1) is 0 Å². The number of hydrogen-bond donors (Lipinski definition) is 0. The standard InChI is InChI=1S/C16H13.C14H11.C2H6.CH5Si.2ClH.Zr/c1-12-10-14-8-5-9-15(16(14)11-12)13-6-3-2-4-7-13;1-10-8-12-7-6-11-4-2-3-5-13(11)14(12)9-10;2*1-2;;;/h2-11H,1H3;2-9H,1H3;1-2H3;2H2,1H3;2*1H;/q;;;;;;+2/p-2. The summed E-state index contributed by atoms with van der Waals surface area (Å²) in [5, 5.41) is 2.80. The van der Waals surface area contributed by atoms with Crippen molar-refractivity contribution < 1.29 is 45.7 Å². The van der Waals surface area contributed by atoms with Crippen molar-refractivity contribution in [1.29, 1.82) is 0 Å². The third kappa shape index (κ3) is 5.28. The van der Waals surface area contributed by atoms with Crippen LogP contribution in [0, 0.1) is 0 Å². The number of hydrogen-bond acceptors (Lipinski definition) is 0. The molecule has 0 saturated heterocycles. The summed E-state index contributed by atoms with van der Waals surface area (Å²) >= 11 is -1.84. The third-order valence-electron chi connectivity index (χ3n) is 7.66. The van der Waals surface area contributed by atoms with E-state index in [0.29, 0.717) is 3.63 Å². The van der Waals surface area contributed by atoms with Gasteiger partial charge in [-0.25, -0.2) is 0 Å². The fourth-order valence-electron chi connectivity index (χ4n) is 6.26. The van der Waals surface area contributed by atoms with Crippen LogP contribution in [0.25, 0.3) is 34.1 Å². The minimum Gasteiger partial charge on any atom is -1.00 e. The molecule has 2 aliphatic rings. The Bertz CT molecular complexity index is 1440. The molecule has 0 saturated carbocycles. The van der Waals surface area contributed by atoms with Gasteiger partial charge in [-0.1, -0.05) is 13.8 Å². The molecule has 189 valence electrons. The third-order valence-corrected chi connectivity index (χ3v) is 26.7. The second-order valence-electron chi connectivity index (χ2n) is 9.54. The zero-order valence-corrected chi connectivity index (χ0v) is 27.7. The first-order chi connectivity index (χ1) is 17.2. The molecule has 4 aromatic rings. The maximum Gasteiger partial charge on any atom is -1.00 e. The summed E-state index contributed by atoms with van der Waals surface area (Å²) in [6.45, 7) is 11.4. The second kappa shape index (κ2) is 12.9. The van der Waals surface area contributed by atoms with Gasteiger partial charge in [-0.2, -0.15) is 0 Å². The van der Waals surface area contributed by atoms with E-state index < -0.39 is 20.9 Å². The summed E-state index contributed by atoms with van der Waals surface area (Å²) in [5.74, 6) is 0. The number of rotatable bonds is 4. The number of fused-ring (bicyclic) bond motifs is 4. The van der Waals surface area contributed by atoms with Gasteiger partial charge in [0.2, 0.25) is 0 Å². The van der Waals surface area contributed by atoms with E-state index in [4.69, 9.17) is 0 Å². The molecule has 0 N–H and O–H groups in total. The Labute approximate surface area is 244 Å². The summed E-state index contributed by atoms with van der Waals surface area (Å²) in [7, 11) is 0. The van der Waals surface area contributed by atoms with Crippen molar-refractivity contribution in [2.45, 2.75) is 41.5 Å². The molecule has 0 aromatic heterocycles. The summed E-state index contributed by atoms with van der Waals surface area (Å²) in [4.78, 5) is 0. The molecule has 0 amide bonds. The predicted molar refractivity (Wildman–Crippen MR) is 154 cm³/mol. The minimum absolute atomic E-state index is 0. The normalized spacial score (nSPS) is 17.1. The number of allylic oxidation sites excluding steroid dienone is 2. The van der Waals surface area contributed by atoms with E-state index in [2.05, 4.69) is 117 Å². The maximum absolute atomic E-state index is 2.60. The zero-order chi connectivity index (χ0) is 24.5. The summed E-state index contributed by atoms with van der Waals surface area (Å²) in [6.07, 6.45) is 5.06. The number of benzene rings is 4. The molecule has 0 nitrogen and oxygen atoms in total. The van der Waals surface area contributed by atoms with Gasteiger partial charge in [0.1, 0.15) is 0 Å². The smallest absolute Gasteiger partial charge is 1.00 e. The first-order valence-corrected chi connectivity index (χ1v) is 23.3.